The van der Waals surface area contributed by atoms with Crippen molar-refractivity contribution >= 4 is 11.9 Å². The minimum Gasteiger partial charge on any atom is -0.480 e. The van der Waals surface area contributed by atoms with Gasteiger partial charge in [-0.05, 0) is 18.8 Å². The van der Waals surface area contributed by atoms with E-state index in [0.29, 0.717) is 12.3 Å². The first-order valence-corrected chi connectivity index (χ1v) is 5.28. The number of amides is 1. The fourth-order valence-electron chi connectivity index (χ4n) is 1.28. The lowest BCUT2D eigenvalue weighted by atomic mass is 10.0. The molecular formula is C11H20N2O3. The van der Waals surface area contributed by atoms with Crippen LogP contribution >= 0.6 is 0 Å². The summed E-state index contributed by atoms with van der Waals surface area (Å²) < 4.78 is 0. The molecule has 5 nitrogen and oxygen atoms in total. The molecule has 0 heterocycles. The van der Waals surface area contributed by atoms with E-state index in [1.165, 1.54) is 6.08 Å². The SMILES string of the molecule is C=CCC(NC(=O)C(N)CC(C)C)C(=O)O. The minimum atomic E-state index is -1.08. The minimum absolute atomic E-state index is 0.190. The van der Waals surface area contributed by atoms with Gasteiger partial charge in [-0.1, -0.05) is 19.9 Å². The zero-order chi connectivity index (χ0) is 12.7. The van der Waals surface area contributed by atoms with Crippen LogP contribution in [0.4, 0.5) is 0 Å². The second kappa shape index (κ2) is 7.00. The number of nitrogens with one attached hydrogen (secondary N) is 1. The van der Waals surface area contributed by atoms with E-state index in [1.54, 1.807) is 0 Å². The Morgan fingerprint density at radius 2 is 2.06 bits per heavy atom. The summed E-state index contributed by atoms with van der Waals surface area (Å²) in [4.78, 5) is 22.3. The molecule has 2 atom stereocenters. The van der Waals surface area contributed by atoms with Crippen LogP contribution in [-0.2, 0) is 9.59 Å². The molecule has 0 aliphatic carbocycles. The molecule has 0 aromatic rings. The van der Waals surface area contributed by atoms with Crippen molar-refractivity contribution in [2.75, 3.05) is 0 Å². The summed E-state index contributed by atoms with van der Waals surface area (Å²) in [5.74, 6) is -1.21. The van der Waals surface area contributed by atoms with Crippen LogP contribution in [-0.4, -0.2) is 29.1 Å². The van der Waals surface area contributed by atoms with Crippen molar-refractivity contribution in [3.8, 4) is 0 Å². The Morgan fingerprint density at radius 3 is 2.44 bits per heavy atom. The molecule has 5 heteroatoms. The van der Waals surface area contributed by atoms with Crippen molar-refractivity contribution in [1.29, 1.82) is 0 Å². The third-order valence-electron chi connectivity index (χ3n) is 2.08. The van der Waals surface area contributed by atoms with Gasteiger partial charge in [0.25, 0.3) is 0 Å². The van der Waals surface area contributed by atoms with Gasteiger partial charge in [-0.2, -0.15) is 0 Å². The Kier molecular flexibility index (Phi) is 6.41. The van der Waals surface area contributed by atoms with Crippen LogP contribution in [0.1, 0.15) is 26.7 Å². The van der Waals surface area contributed by atoms with Crippen LogP contribution in [0.3, 0.4) is 0 Å². The fourth-order valence-corrected chi connectivity index (χ4v) is 1.28. The molecule has 0 aliphatic rings. The molecule has 0 saturated heterocycles. The number of carboxylic acid groups (broad SMARTS) is 1. The zero-order valence-corrected chi connectivity index (χ0v) is 9.77. The quantitative estimate of drug-likeness (QED) is 0.553. The van der Waals surface area contributed by atoms with Crippen LogP contribution in [0.5, 0.6) is 0 Å². The number of carboxylic acids is 1. The molecule has 0 bridgehead atoms. The van der Waals surface area contributed by atoms with Crippen molar-refractivity contribution < 1.29 is 14.7 Å². The third kappa shape index (κ3) is 5.50. The molecule has 1 amide bonds. The average Bonchev–Trinajstić information content (AvgIpc) is 2.15. The molecule has 2 unspecified atom stereocenters. The molecule has 0 radical (unpaired) electrons. The summed E-state index contributed by atoms with van der Waals surface area (Å²) in [5.41, 5.74) is 5.63. The van der Waals surface area contributed by atoms with Gasteiger partial charge in [0.05, 0.1) is 6.04 Å². The zero-order valence-electron chi connectivity index (χ0n) is 9.77. The molecule has 0 aromatic heterocycles. The first kappa shape index (κ1) is 14.6. The number of nitrogens with two attached hydrogens (primary N) is 1. The summed E-state index contributed by atoms with van der Waals surface area (Å²) in [6, 6.07) is -1.60. The molecular weight excluding hydrogens is 208 g/mol. The molecule has 0 saturated carbocycles. The summed E-state index contributed by atoms with van der Waals surface area (Å²) in [6.07, 6.45) is 2.18. The third-order valence-corrected chi connectivity index (χ3v) is 2.08. The van der Waals surface area contributed by atoms with E-state index in [-0.39, 0.29) is 6.42 Å². The maximum Gasteiger partial charge on any atom is 0.326 e. The van der Waals surface area contributed by atoms with E-state index >= 15 is 0 Å². The second-order valence-corrected chi connectivity index (χ2v) is 4.16. The van der Waals surface area contributed by atoms with E-state index < -0.39 is 24.0 Å². The maximum atomic E-state index is 11.5. The van der Waals surface area contributed by atoms with Crippen LogP contribution in [0.2, 0.25) is 0 Å². The van der Waals surface area contributed by atoms with Crippen molar-refractivity contribution in [3.63, 3.8) is 0 Å². The average molecular weight is 228 g/mol. The van der Waals surface area contributed by atoms with Gasteiger partial charge in [0, 0.05) is 0 Å². The van der Waals surface area contributed by atoms with Gasteiger partial charge in [0.1, 0.15) is 6.04 Å². The second-order valence-electron chi connectivity index (χ2n) is 4.16. The highest BCUT2D eigenvalue weighted by Gasteiger charge is 2.22. The van der Waals surface area contributed by atoms with Gasteiger partial charge in [0.2, 0.25) is 5.91 Å². The van der Waals surface area contributed by atoms with Crippen LogP contribution in [0, 0.1) is 5.92 Å². The van der Waals surface area contributed by atoms with E-state index in [9.17, 15) is 9.59 Å². The standard InChI is InChI=1S/C11H20N2O3/c1-4-5-9(11(15)16)13-10(14)8(12)6-7(2)3/h4,7-9H,1,5-6,12H2,2-3H3,(H,13,14)(H,15,16). The largest absolute Gasteiger partial charge is 0.480 e. The first-order chi connectivity index (χ1) is 7.38. The van der Waals surface area contributed by atoms with Crippen LogP contribution in [0.25, 0.3) is 0 Å². The van der Waals surface area contributed by atoms with Crippen molar-refractivity contribution in [3.05, 3.63) is 12.7 Å². The maximum absolute atomic E-state index is 11.5. The van der Waals surface area contributed by atoms with Gasteiger partial charge in [0.15, 0.2) is 0 Å². The summed E-state index contributed by atoms with van der Waals surface area (Å²) in [6.45, 7) is 7.34. The Morgan fingerprint density at radius 1 is 1.50 bits per heavy atom. The molecule has 92 valence electrons. The van der Waals surface area contributed by atoms with Crippen molar-refractivity contribution in [1.82, 2.24) is 5.32 Å². The topological polar surface area (TPSA) is 92.4 Å². The Balaban J connectivity index is 4.28. The van der Waals surface area contributed by atoms with Gasteiger partial charge in [-0.25, -0.2) is 4.79 Å². The smallest absolute Gasteiger partial charge is 0.326 e. The van der Waals surface area contributed by atoms with E-state index in [4.69, 9.17) is 10.8 Å². The summed E-state index contributed by atoms with van der Waals surface area (Å²) in [5, 5.41) is 11.2. The summed E-state index contributed by atoms with van der Waals surface area (Å²) >= 11 is 0. The number of carbonyl (C=O) groups is 2. The molecule has 0 spiro atoms. The van der Waals surface area contributed by atoms with Gasteiger partial charge in [-0.3, -0.25) is 4.79 Å². The highest BCUT2D eigenvalue weighted by atomic mass is 16.4. The predicted octanol–water partition coefficient (Wildman–Crippen LogP) is 0.505. The lowest BCUT2D eigenvalue weighted by Gasteiger charge is -2.17. The van der Waals surface area contributed by atoms with E-state index in [0.717, 1.165) is 0 Å². The van der Waals surface area contributed by atoms with Crippen molar-refractivity contribution in [2.45, 2.75) is 38.8 Å². The monoisotopic (exact) mass is 228 g/mol. The predicted molar refractivity (Wildman–Crippen MR) is 61.8 cm³/mol. The Labute approximate surface area is 95.7 Å². The van der Waals surface area contributed by atoms with Crippen molar-refractivity contribution in [2.24, 2.45) is 11.7 Å². The lowest BCUT2D eigenvalue weighted by Crippen LogP contribution is -2.48. The highest BCUT2D eigenvalue weighted by Crippen LogP contribution is 2.03. The molecule has 16 heavy (non-hydrogen) atoms. The normalized spacial score (nSPS) is 14.2. The van der Waals surface area contributed by atoms with Crippen LogP contribution < -0.4 is 11.1 Å². The number of rotatable bonds is 7. The highest BCUT2D eigenvalue weighted by molar-refractivity contribution is 5.86. The summed E-state index contributed by atoms with van der Waals surface area (Å²) in [7, 11) is 0. The fraction of sp³-hybridized carbons (Fsp3) is 0.636. The van der Waals surface area contributed by atoms with E-state index in [1.807, 2.05) is 13.8 Å². The lowest BCUT2D eigenvalue weighted by molar-refractivity contribution is -0.141. The molecule has 0 fully saturated rings. The molecule has 0 aromatic carbocycles. The Bertz CT molecular complexity index is 264. The van der Waals surface area contributed by atoms with Gasteiger partial charge < -0.3 is 16.2 Å². The van der Waals surface area contributed by atoms with Gasteiger partial charge >= 0.3 is 5.97 Å². The number of carbonyl (C=O) groups excluding carboxylic acids is 1. The number of aliphatic carboxylic acids is 1. The molecule has 0 rings (SSSR count). The van der Waals surface area contributed by atoms with Crippen LogP contribution in [0.15, 0.2) is 12.7 Å². The van der Waals surface area contributed by atoms with Gasteiger partial charge in [-0.15, -0.1) is 6.58 Å². The van der Waals surface area contributed by atoms with E-state index in [2.05, 4.69) is 11.9 Å². The molecule has 4 N–H and O–H groups in total. The first-order valence-electron chi connectivity index (χ1n) is 5.28. The number of hydrogen-bond donors (Lipinski definition) is 3. The number of hydrogen-bond acceptors (Lipinski definition) is 3. The molecule has 0 aliphatic heterocycles. The Hall–Kier alpha value is -1.36.